The molecule has 0 saturated heterocycles. The number of methoxy groups -OCH3 is 1. The van der Waals surface area contributed by atoms with Crippen LogP contribution in [0.4, 0.5) is 5.69 Å². The van der Waals surface area contributed by atoms with Crippen LogP contribution < -0.4 is 15.4 Å². The lowest BCUT2D eigenvalue weighted by atomic mass is 10.2. The maximum Gasteiger partial charge on any atom is 0.251 e. The Morgan fingerprint density at radius 3 is 2.58 bits per heavy atom. The molecular formula is C23H26ClN5O3S. The molecular weight excluding hydrogens is 462 g/mol. The molecule has 10 heteroatoms. The maximum atomic E-state index is 12.6. The maximum absolute atomic E-state index is 12.6. The van der Waals surface area contributed by atoms with E-state index in [2.05, 4.69) is 20.8 Å². The van der Waals surface area contributed by atoms with Gasteiger partial charge < -0.3 is 19.9 Å². The van der Waals surface area contributed by atoms with E-state index in [1.54, 1.807) is 43.5 Å². The molecule has 1 unspecified atom stereocenters. The van der Waals surface area contributed by atoms with Gasteiger partial charge in [0.25, 0.3) is 5.91 Å². The molecule has 0 saturated carbocycles. The fraction of sp³-hybridized carbons (Fsp3) is 0.304. The summed E-state index contributed by atoms with van der Waals surface area (Å²) in [4.78, 5) is 25.0. The second-order valence-corrected chi connectivity index (χ2v) is 8.68. The Labute approximate surface area is 202 Å². The number of carbonyl (C=O) groups excluding carboxylic acids is 2. The zero-order chi connectivity index (χ0) is 24.0. The largest absolute Gasteiger partial charge is 0.497 e. The van der Waals surface area contributed by atoms with Crippen LogP contribution in [0.2, 0.25) is 5.02 Å². The van der Waals surface area contributed by atoms with Crippen molar-refractivity contribution in [1.82, 2.24) is 20.1 Å². The SMILES string of the molecule is CCn1c(SCC(=O)Nc2cc(Cl)ccc2C)nnc1C(C)NC(=O)c1ccc(OC)cc1. The van der Waals surface area contributed by atoms with Gasteiger partial charge in [0, 0.05) is 22.8 Å². The highest BCUT2D eigenvalue weighted by Gasteiger charge is 2.20. The minimum Gasteiger partial charge on any atom is -0.497 e. The van der Waals surface area contributed by atoms with E-state index in [0.717, 1.165) is 5.56 Å². The summed E-state index contributed by atoms with van der Waals surface area (Å²) >= 11 is 7.30. The molecule has 3 rings (SSSR count). The average Bonchev–Trinajstić information content (AvgIpc) is 3.23. The molecule has 0 bridgehead atoms. The molecule has 2 N–H and O–H groups in total. The predicted octanol–water partition coefficient (Wildman–Crippen LogP) is 4.49. The molecule has 0 aliphatic heterocycles. The van der Waals surface area contributed by atoms with Gasteiger partial charge in [0.15, 0.2) is 11.0 Å². The van der Waals surface area contributed by atoms with Crippen molar-refractivity contribution in [2.45, 2.75) is 38.5 Å². The molecule has 0 fully saturated rings. The first kappa shape index (κ1) is 24.6. The third kappa shape index (κ3) is 6.27. The first-order valence-corrected chi connectivity index (χ1v) is 11.8. The summed E-state index contributed by atoms with van der Waals surface area (Å²) in [5, 5.41) is 15.5. The number of halogens is 1. The molecule has 0 aliphatic rings. The van der Waals surface area contributed by atoms with Gasteiger partial charge in [-0.1, -0.05) is 29.4 Å². The van der Waals surface area contributed by atoms with Crippen molar-refractivity contribution in [3.8, 4) is 5.75 Å². The molecule has 0 aliphatic carbocycles. The van der Waals surface area contributed by atoms with Gasteiger partial charge in [-0.25, -0.2) is 0 Å². The van der Waals surface area contributed by atoms with E-state index < -0.39 is 0 Å². The number of nitrogens with one attached hydrogen (secondary N) is 2. The Kier molecular flexibility index (Phi) is 8.35. The second kappa shape index (κ2) is 11.2. The quantitative estimate of drug-likeness (QED) is 0.431. The summed E-state index contributed by atoms with van der Waals surface area (Å²) in [7, 11) is 1.58. The molecule has 1 aromatic heterocycles. The first-order valence-electron chi connectivity index (χ1n) is 10.4. The Bertz CT molecular complexity index is 1130. The van der Waals surface area contributed by atoms with Crippen LogP contribution >= 0.6 is 23.4 Å². The number of aromatic nitrogens is 3. The molecule has 1 atom stereocenters. The zero-order valence-corrected chi connectivity index (χ0v) is 20.5. The standard InChI is InChI=1S/C23H26ClN5O3S/c1-5-29-21(15(3)25-22(31)16-7-10-18(32-4)11-8-16)27-28-23(29)33-13-20(30)26-19-12-17(24)9-6-14(19)2/h6-12,15H,5,13H2,1-4H3,(H,25,31)(H,26,30). The fourth-order valence-corrected chi connectivity index (χ4v) is 4.14. The number of benzene rings is 2. The van der Waals surface area contributed by atoms with Crippen molar-refractivity contribution in [2.24, 2.45) is 0 Å². The number of hydrogen-bond acceptors (Lipinski definition) is 6. The molecule has 0 spiro atoms. The van der Waals surface area contributed by atoms with Gasteiger partial charge in [-0.2, -0.15) is 0 Å². The molecule has 174 valence electrons. The van der Waals surface area contributed by atoms with Crippen LogP contribution in [-0.4, -0.2) is 39.4 Å². The smallest absolute Gasteiger partial charge is 0.251 e. The molecule has 0 radical (unpaired) electrons. The highest BCUT2D eigenvalue weighted by atomic mass is 35.5. The van der Waals surface area contributed by atoms with Crippen LogP contribution in [-0.2, 0) is 11.3 Å². The predicted molar refractivity (Wildman–Crippen MR) is 130 cm³/mol. The van der Waals surface area contributed by atoms with Gasteiger partial charge in [0.1, 0.15) is 5.75 Å². The van der Waals surface area contributed by atoms with E-state index in [0.29, 0.717) is 39.5 Å². The summed E-state index contributed by atoms with van der Waals surface area (Å²) in [5.41, 5.74) is 2.13. The second-order valence-electron chi connectivity index (χ2n) is 7.30. The van der Waals surface area contributed by atoms with Crippen LogP contribution in [0.5, 0.6) is 5.75 Å². The van der Waals surface area contributed by atoms with Crippen molar-refractivity contribution in [2.75, 3.05) is 18.2 Å². The minimum absolute atomic E-state index is 0.163. The highest BCUT2D eigenvalue weighted by molar-refractivity contribution is 7.99. The topological polar surface area (TPSA) is 98.1 Å². The van der Waals surface area contributed by atoms with E-state index in [4.69, 9.17) is 16.3 Å². The molecule has 2 aromatic carbocycles. The molecule has 1 heterocycles. The average molecular weight is 488 g/mol. The summed E-state index contributed by atoms with van der Waals surface area (Å²) in [6, 6.07) is 11.9. The molecule has 2 amide bonds. The summed E-state index contributed by atoms with van der Waals surface area (Å²) in [6.07, 6.45) is 0. The minimum atomic E-state index is -0.371. The van der Waals surface area contributed by atoms with Crippen molar-refractivity contribution < 1.29 is 14.3 Å². The molecule has 33 heavy (non-hydrogen) atoms. The fourth-order valence-electron chi connectivity index (χ4n) is 3.16. The number of rotatable bonds is 9. The van der Waals surface area contributed by atoms with E-state index in [9.17, 15) is 9.59 Å². The number of amides is 2. The number of ether oxygens (including phenoxy) is 1. The summed E-state index contributed by atoms with van der Waals surface area (Å²) in [5.74, 6) is 1.07. The van der Waals surface area contributed by atoms with Crippen LogP contribution in [0, 0.1) is 6.92 Å². The Morgan fingerprint density at radius 1 is 1.18 bits per heavy atom. The van der Waals surface area contributed by atoms with Crippen molar-refractivity contribution in [3.63, 3.8) is 0 Å². The molecule has 8 nitrogen and oxygen atoms in total. The first-order chi connectivity index (χ1) is 15.8. The zero-order valence-electron chi connectivity index (χ0n) is 18.9. The van der Waals surface area contributed by atoms with Gasteiger partial charge in [0.05, 0.1) is 18.9 Å². The van der Waals surface area contributed by atoms with Crippen molar-refractivity contribution >= 4 is 40.9 Å². The van der Waals surface area contributed by atoms with Crippen LogP contribution in [0.3, 0.4) is 0 Å². The lowest BCUT2D eigenvalue weighted by Crippen LogP contribution is -2.28. The van der Waals surface area contributed by atoms with Gasteiger partial charge in [-0.05, 0) is 62.7 Å². The monoisotopic (exact) mass is 487 g/mol. The lowest BCUT2D eigenvalue weighted by Gasteiger charge is -2.15. The lowest BCUT2D eigenvalue weighted by molar-refractivity contribution is -0.113. The normalized spacial score (nSPS) is 11.7. The van der Waals surface area contributed by atoms with Crippen molar-refractivity contribution in [1.29, 1.82) is 0 Å². The number of hydrogen-bond donors (Lipinski definition) is 2. The van der Waals surface area contributed by atoms with Gasteiger partial charge >= 0.3 is 0 Å². The number of anilines is 1. The van der Waals surface area contributed by atoms with Crippen LogP contribution in [0.25, 0.3) is 0 Å². The number of aryl methyl sites for hydroxylation is 1. The third-order valence-corrected chi connectivity index (χ3v) is 6.16. The van der Waals surface area contributed by atoms with Crippen LogP contribution in [0.1, 0.15) is 41.6 Å². The summed E-state index contributed by atoms with van der Waals surface area (Å²) in [6.45, 7) is 6.31. The Balaban J connectivity index is 1.63. The summed E-state index contributed by atoms with van der Waals surface area (Å²) < 4.78 is 7.02. The third-order valence-electron chi connectivity index (χ3n) is 4.95. The van der Waals surface area contributed by atoms with Gasteiger partial charge in [0.2, 0.25) is 5.91 Å². The van der Waals surface area contributed by atoms with Crippen molar-refractivity contribution in [3.05, 3.63) is 64.4 Å². The number of carbonyl (C=O) groups is 2. The Hall–Kier alpha value is -3.04. The van der Waals surface area contributed by atoms with E-state index in [-0.39, 0.29) is 23.6 Å². The van der Waals surface area contributed by atoms with E-state index in [1.807, 2.05) is 31.4 Å². The highest BCUT2D eigenvalue weighted by Crippen LogP contribution is 2.23. The van der Waals surface area contributed by atoms with Gasteiger partial charge in [-0.3, -0.25) is 9.59 Å². The van der Waals surface area contributed by atoms with Crippen LogP contribution in [0.15, 0.2) is 47.6 Å². The van der Waals surface area contributed by atoms with E-state index >= 15 is 0 Å². The molecule has 3 aromatic rings. The van der Waals surface area contributed by atoms with E-state index in [1.165, 1.54) is 11.8 Å². The number of nitrogens with zero attached hydrogens (tertiary/aromatic N) is 3. The number of thioether (sulfide) groups is 1. The Morgan fingerprint density at radius 2 is 1.91 bits per heavy atom. The van der Waals surface area contributed by atoms with Gasteiger partial charge in [-0.15, -0.1) is 10.2 Å².